The van der Waals surface area contributed by atoms with Crippen molar-refractivity contribution in [1.82, 2.24) is 4.31 Å². The molecule has 4 nitrogen and oxygen atoms in total. The number of benzene rings is 2. The minimum Gasteiger partial charge on any atom is -0.373 e. The van der Waals surface area contributed by atoms with E-state index in [1.165, 1.54) is 0 Å². The minimum absolute atomic E-state index is 0.0980. The van der Waals surface area contributed by atoms with Gasteiger partial charge in [-0.1, -0.05) is 48.0 Å². The first-order valence-corrected chi connectivity index (χ1v) is 10.3. The van der Waals surface area contributed by atoms with E-state index in [2.05, 4.69) is 12.1 Å². The first-order valence-electron chi connectivity index (χ1n) is 8.81. The molecule has 0 radical (unpaired) electrons. The molecule has 0 bridgehead atoms. The zero-order valence-electron chi connectivity index (χ0n) is 14.3. The van der Waals surface area contributed by atoms with Crippen LogP contribution in [0.5, 0.6) is 0 Å². The largest absolute Gasteiger partial charge is 0.373 e. The van der Waals surface area contributed by atoms with Gasteiger partial charge in [-0.05, 0) is 43.9 Å². The minimum atomic E-state index is -3.38. The van der Waals surface area contributed by atoms with Crippen molar-refractivity contribution in [3.63, 3.8) is 0 Å². The highest BCUT2D eigenvalue weighted by Crippen LogP contribution is 2.45. The summed E-state index contributed by atoms with van der Waals surface area (Å²) in [5.74, 6) is 0. The lowest BCUT2D eigenvalue weighted by atomic mass is 9.98. The summed E-state index contributed by atoms with van der Waals surface area (Å²) in [5.41, 5.74) is 2.22. The Hall–Kier alpha value is -1.69. The summed E-state index contributed by atoms with van der Waals surface area (Å²) in [5, 5.41) is 0. The Labute approximate surface area is 149 Å². The Morgan fingerprint density at radius 3 is 2.44 bits per heavy atom. The molecule has 0 spiro atoms. The standard InChI is InChI=1S/C20H23NO3S/c1-15-7-10-18(11-8-15)25(22,23)21-19-12-9-17(13-20(19)21)24-14-16-5-3-2-4-6-16/h2-8,10-11,17,19-20H,9,12-14H2,1H3/t17-,19-,20+,21?/m0/s1. The molecule has 2 aromatic rings. The maximum atomic E-state index is 12.8. The van der Waals surface area contributed by atoms with Gasteiger partial charge in [-0.2, -0.15) is 4.31 Å². The van der Waals surface area contributed by atoms with Gasteiger partial charge in [0.25, 0.3) is 0 Å². The van der Waals surface area contributed by atoms with E-state index in [0.717, 1.165) is 30.4 Å². The predicted octanol–water partition coefficient (Wildman–Crippen LogP) is 3.51. The topological polar surface area (TPSA) is 46.4 Å². The monoisotopic (exact) mass is 357 g/mol. The van der Waals surface area contributed by atoms with E-state index in [0.29, 0.717) is 11.5 Å². The van der Waals surface area contributed by atoms with E-state index >= 15 is 0 Å². The maximum absolute atomic E-state index is 12.8. The Bertz CT molecular complexity index is 833. The number of hydrogen-bond acceptors (Lipinski definition) is 3. The molecule has 2 fully saturated rings. The highest BCUT2D eigenvalue weighted by molar-refractivity contribution is 7.89. The number of fused-ring (bicyclic) bond motifs is 1. The smallest absolute Gasteiger partial charge is 0.243 e. The second-order valence-electron chi connectivity index (χ2n) is 7.01. The van der Waals surface area contributed by atoms with Gasteiger partial charge in [-0.3, -0.25) is 0 Å². The van der Waals surface area contributed by atoms with Crippen LogP contribution in [-0.2, 0) is 21.4 Å². The summed E-state index contributed by atoms with van der Waals surface area (Å²) >= 11 is 0. The summed E-state index contributed by atoms with van der Waals surface area (Å²) in [6.45, 7) is 2.55. The molecular formula is C20H23NO3S. The quantitative estimate of drug-likeness (QED) is 0.770. The highest BCUT2D eigenvalue weighted by atomic mass is 32.2. The van der Waals surface area contributed by atoms with E-state index in [1.54, 1.807) is 16.4 Å². The van der Waals surface area contributed by atoms with Crippen molar-refractivity contribution in [2.24, 2.45) is 0 Å². The van der Waals surface area contributed by atoms with E-state index in [1.807, 2.05) is 37.3 Å². The van der Waals surface area contributed by atoms with Crippen molar-refractivity contribution in [2.75, 3.05) is 0 Å². The number of aryl methyl sites for hydroxylation is 1. The van der Waals surface area contributed by atoms with E-state index < -0.39 is 10.0 Å². The lowest BCUT2D eigenvalue weighted by Gasteiger charge is -2.20. The Morgan fingerprint density at radius 2 is 1.72 bits per heavy atom. The third-order valence-corrected chi connectivity index (χ3v) is 7.19. The summed E-state index contributed by atoms with van der Waals surface area (Å²) < 4.78 is 33.4. The van der Waals surface area contributed by atoms with Crippen LogP contribution in [-0.4, -0.2) is 30.9 Å². The molecule has 25 heavy (non-hydrogen) atoms. The Balaban J connectivity index is 1.39. The van der Waals surface area contributed by atoms with Crippen molar-refractivity contribution >= 4 is 10.0 Å². The fraction of sp³-hybridized carbons (Fsp3) is 0.400. The van der Waals surface area contributed by atoms with Crippen LogP contribution in [0.15, 0.2) is 59.5 Å². The number of rotatable bonds is 5. The molecule has 1 aliphatic carbocycles. The molecule has 2 aliphatic rings. The van der Waals surface area contributed by atoms with Gasteiger partial charge < -0.3 is 4.74 Å². The number of sulfonamides is 1. The van der Waals surface area contributed by atoms with Crippen LogP contribution in [0, 0.1) is 6.92 Å². The molecule has 0 N–H and O–H groups in total. The molecule has 0 amide bonds. The molecule has 1 aliphatic heterocycles. The summed E-state index contributed by atoms with van der Waals surface area (Å²) in [4.78, 5) is 0.397. The third kappa shape index (κ3) is 3.36. The molecule has 1 saturated heterocycles. The predicted molar refractivity (Wildman–Crippen MR) is 96.6 cm³/mol. The second kappa shape index (κ2) is 6.56. The lowest BCUT2D eigenvalue weighted by Crippen LogP contribution is -2.21. The van der Waals surface area contributed by atoms with Crippen LogP contribution >= 0.6 is 0 Å². The number of nitrogens with zero attached hydrogens (tertiary/aromatic N) is 1. The van der Waals surface area contributed by atoms with Gasteiger partial charge in [0.05, 0.1) is 17.6 Å². The molecule has 0 aromatic heterocycles. The molecule has 4 rings (SSSR count). The van der Waals surface area contributed by atoms with Crippen molar-refractivity contribution < 1.29 is 13.2 Å². The van der Waals surface area contributed by atoms with Gasteiger partial charge in [0.1, 0.15) is 0 Å². The van der Waals surface area contributed by atoms with Crippen LogP contribution in [0.3, 0.4) is 0 Å². The number of ether oxygens (including phenoxy) is 1. The normalized spacial score (nSPS) is 28.4. The van der Waals surface area contributed by atoms with Crippen LogP contribution in [0.2, 0.25) is 0 Å². The lowest BCUT2D eigenvalue weighted by molar-refractivity contribution is 0.0221. The van der Waals surface area contributed by atoms with Gasteiger partial charge in [-0.15, -0.1) is 0 Å². The van der Waals surface area contributed by atoms with Gasteiger partial charge in [0.15, 0.2) is 0 Å². The van der Waals surface area contributed by atoms with Crippen molar-refractivity contribution in [1.29, 1.82) is 0 Å². The van der Waals surface area contributed by atoms with Crippen molar-refractivity contribution in [3.8, 4) is 0 Å². The van der Waals surface area contributed by atoms with Crippen molar-refractivity contribution in [3.05, 3.63) is 65.7 Å². The molecule has 132 valence electrons. The second-order valence-corrected chi connectivity index (χ2v) is 8.86. The maximum Gasteiger partial charge on any atom is 0.243 e. The fourth-order valence-electron chi connectivity index (χ4n) is 3.76. The third-order valence-electron chi connectivity index (χ3n) is 5.22. The molecule has 2 aromatic carbocycles. The zero-order chi connectivity index (χ0) is 17.4. The molecule has 1 saturated carbocycles. The highest BCUT2D eigenvalue weighted by Gasteiger charge is 2.57. The molecule has 5 heteroatoms. The fourth-order valence-corrected chi connectivity index (χ4v) is 5.62. The molecule has 1 unspecified atom stereocenters. The van der Waals surface area contributed by atoms with E-state index in [-0.39, 0.29) is 18.2 Å². The zero-order valence-corrected chi connectivity index (χ0v) is 15.2. The first-order chi connectivity index (χ1) is 12.1. The van der Waals surface area contributed by atoms with Crippen LogP contribution in [0.25, 0.3) is 0 Å². The Kier molecular flexibility index (Phi) is 4.40. The number of hydrogen-bond donors (Lipinski definition) is 0. The van der Waals surface area contributed by atoms with Gasteiger partial charge in [0.2, 0.25) is 10.0 Å². The van der Waals surface area contributed by atoms with Gasteiger partial charge in [0, 0.05) is 12.1 Å². The Morgan fingerprint density at radius 1 is 1.00 bits per heavy atom. The van der Waals surface area contributed by atoms with Crippen LogP contribution < -0.4 is 0 Å². The average Bonchev–Trinajstić information content (AvgIpc) is 3.35. The van der Waals surface area contributed by atoms with Gasteiger partial charge in [-0.25, -0.2) is 8.42 Å². The summed E-state index contributed by atoms with van der Waals surface area (Å²) in [6, 6.07) is 17.5. The SMILES string of the molecule is Cc1ccc(S(=O)(=O)N2[C@@H]3C[C@@H](OCc4ccccc4)CC[C@@H]32)cc1. The molecular weight excluding hydrogens is 334 g/mol. The molecule has 4 atom stereocenters. The van der Waals surface area contributed by atoms with Crippen molar-refractivity contribution in [2.45, 2.75) is 55.9 Å². The van der Waals surface area contributed by atoms with Crippen LogP contribution in [0.4, 0.5) is 0 Å². The molecule has 1 heterocycles. The summed E-state index contributed by atoms with van der Waals surface area (Å²) in [7, 11) is -3.38. The van der Waals surface area contributed by atoms with E-state index in [9.17, 15) is 8.42 Å². The first kappa shape index (κ1) is 16.8. The summed E-state index contributed by atoms with van der Waals surface area (Å²) in [6.07, 6.45) is 2.74. The van der Waals surface area contributed by atoms with E-state index in [4.69, 9.17) is 4.74 Å². The van der Waals surface area contributed by atoms with Gasteiger partial charge >= 0.3 is 0 Å². The average molecular weight is 357 g/mol. The van der Waals surface area contributed by atoms with Crippen LogP contribution in [0.1, 0.15) is 30.4 Å².